The van der Waals surface area contributed by atoms with Crippen LogP contribution in [0, 0.1) is 0 Å². The molecule has 0 aliphatic carbocycles. The number of urea groups is 1. The van der Waals surface area contributed by atoms with E-state index in [9.17, 15) is 9.59 Å². The normalized spacial score (nSPS) is 17.8. The van der Waals surface area contributed by atoms with Gasteiger partial charge in [-0.3, -0.25) is 0 Å². The molecule has 5 nitrogen and oxygen atoms in total. The zero-order valence-electron chi connectivity index (χ0n) is 12.0. The number of carbonyl (C=O) groups is 2. The zero-order chi connectivity index (χ0) is 16.1. The van der Waals surface area contributed by atoms with Crippen LogP contribution in [-0.4, -0.2) is 24.5 Å². The largest absolute Gasteiger partial charge is 0.462 e. The quantitative estimate of drug-likeness (QED) is 0.490. The minimum atomic E-state index is -0.647. The number of rotatable bonds is 5. The Morgan fingerprint density at radius 3 is 2.77 bits per heavy atom. The molecule has 7 heteroatoms. The second-order valence-corrected chi connectivity index (χ2v) is 5.56. The second-order valence-electron chi connectivity index (χ2n) is 4.77. The Morgan fingerprint density at radius 2 is 2.09 bits per heavy atom. The van der Waals surface area contributed by atoms with E-state index in [1.165, 1.54) is 0 Å². The zero-order valence-corrected chi connectivity index (χ0v) is 13.5. The second kappa shape index (κ2) is 7.51. The van der Waals surface area contributed by atoms with Gasteiger partial charge in [-0.05, 0) is 25.0 Å². The highest BCUT2D eigenvalue weighted by molar-refractivity contribution is 6.31. The van der Waals surface area contributed by atoms with Crippen molar-refractivity contribution in [2.24, 2.45) is 0 Å². The van der Waals surface area contributed by atoms with Gasteiger partial charge in [-0.1, -0.05) is 29.8 Å². The monoisotopic (exact) mass is 342 g/mol. The van der Waals surface area contributed by atoms with Gasteiger partial charge in [-0.25, -0.2) is 9.59 Å². The maximum atomic E-state index is 12.3. The number of benzene rings is 1. The van der Waals surface area contributed by atoms with Crippen molar-refractivity contribution in [3.05, 3.63) is 46.1 Å². The van der Waals surface area contributed by atoms with Crippen molar-refractivity contribution >= 4 is 35.2 Å². The summed E-state index contributed by atoms with van der Waals surface area (Å²) in [4.78, 5) is 24.1. The van der Waals surface area contributed by atoms with E-state index < -0.39 is 12.0 Å². The summed E-state index contributed by atoms with van der Waals surface area (Å²) in [6.07, 6.45) is 0.566. The SMILES string of the molecule is CC1=C(C(=O)OCCCCl)[C@@H](c2ccccc2Cl)NC(=O)N1. The minimum Gasteiger partial charge on any atom is -0.462 e. The fourth-order valence-electron chi connectivity index (χ4n) is 2.20. The number of alkyl halides is 1. The number of nitrogens with one attached hydrogen (secondary N) is 2. The average molecular weight is 343 g/mol. The first-order chi connectivity index (χ1) is 10.5. The van der Waals surface area contributed by atoms with Crippen LogP contribution in [0.15, 0.2) is 35.5 Å². The molecule has 2 rings (SSSR count). The molecule has 1 heterocycles. The van der Waals surface area contributed by atoms with Crippen molar-refractivity contribution in [3.63, 3.8) is 0 Å². The van der Waals surface area contributed by atoms with Crippen molar-refractivity contribution in [3.8, 4) is 0 Å². The highest BCUT2D eigenvalue weighted by atomic mass is 35.5. The van der Waals surface area contributed by atoms with Crippen LogP contribution in [0.3, 0.4) is 0 Å². The molecule has 1 aromatic carbocycles. The number of esters is 1. The van der Waals surface area contributed by atoms with Gasteiger partial charge in [0.1, 0.15) is 0 Å². The Kier molecular flexibility index (Phi) is 5.69. The molecule has 0 bridgehead atoms. The molecule has 2 amide bonds. The number of hydrogen-bond donors (Lipinski definition) is 2. The topological polar surface area (TPSA) is 67.4 Å². The van der Waals surface area contributed by atoms with Crippen molar-refractivity contribution in [2.75, 3.05) is 12.5 Å². The first-order valence-electron chi connectivity index (χ1n) is 6.80. The third-order valence-electron chi connectivity index (χ3n) is 3.22. The Balaban J connectivity index is 2.33. The van der Waals surface area contributed by atoms with Crippen molar-refractivity contribution < 1.29 is 14.3 Å². The maximum Gasteiger partial charge on any atom is 0.338 e. The summed E-state index contributed by atoms with van der Waals surface area (Å²) in [6, 6.07) is 6.01. The Morgan fingerprint density at radius 1 is 1.36 bits per heavy atom. The summed E-state index contributed by atoms with van der Waals surface area (Å²) >= 11 is 11.8. The number of allylic oxidation sites excluding steroid dienone is 1. The van der Waals surface area contributed by atoms with Crippen LogP contribution in [-0.2, 0) is 9.53 Å². The first-order valence-corrected chi connectivity index (χ1v) is 7.71. The van der Waals surface area contributed by atoms with Gasteiger partial charge in [-0.15, -0.1) is 11.6 Å². The van der Waals surface area contributed by atoms with Crippen LogP contribution in [0.1, 0.15) is 24.9 Å². The molecular weight excluding hydrogens is 327 g/mol. The van der Waals surface area contributed by atoms with Crippen LogP contribution in [0.2, 0.25) is 5.02 Å². The van der Waals surface area contributed by atoms with Gasteiger partial charge >= 0.3 is 12.0 Å². The Labute approximate surface area is 138 Å². The molecule has 0 saturated carbocycles. The van der Waals surface area contributed by atoms with Gasteiger partial charge in [0.2, 0.25) is 0 Å². The lowest BCUT2D eigenvalue weighted by Crippen LogP contribution is -2.45. The van der Waals surface area contributed by atoms with Crippen molar-refractivity contribution in [1.82, 2.24) is 10.6 Å². The molecule has 0 fully saturated rings. The fourth-order valence-corrected chi connectivity index (χ4v) is 2.56. The summed E-state index contributed by atoms with van der Waals surface area (Å²) in [6.45, 7) is 1.88. The molecule has 1 aliphatic heterocycles. The number of hydrogen-bond acceptors (Lipinski definition) is 3. The molecule has 1 atom stereocenters. The first kappa shape index (κ1) is 16.6. The summed E-state index contributed by atoms with van der Waals surface area (Å²) in [5, 5.41) is 5.75. The van der Waals surface area contributed by atoms with E-state index in [2.05, 4.69) is 10.6 Å². The smallest absolute Gasteiger partial charge is 0.338 e. The number of halogens is 2. The van der Waals surface area contributed by atoms with E-state index in [1.807, 2.05) is 0 Å². The van der Waals surface area contributed by atoms with Crippen molar-refractivity contribution in [2.45, 2.75) is 19.4 Å². The van der Waals surface area contributed by atoms with Crippen LogP contribution in [0.25, 0.3) is 0 Å². The minimum absolute atomic E-state index is 0.225. The van der Waals surface area contributed by atoms with Gasteiger partial charge in [-0.2, -0.15) is 0 Å². The molecule has 118 valence electrons. The highest BCUT2D eigenvalue weighted by Crippen LogP contribution is 2.31. The van der Waals surface area contributed by atoms with E-state index in [0.717, 1.165) is 0 Å². The van der Waals surface area contributed by atoms with E-state index >= 15 is 0 Å². The molecule has 1 aliphatic rings. The van der Waals surface area contributed by atoms with Gasteiger partial charge in [0.25, 0.3) is 0 Å². The molecule has 0 spiro atoms. The molecule has 0 saturated heterocycles. The summed E-state index contributed by atoms with van der Waals surface area (Å²) in [5.74, 6) is -0.0890. The number of carbonyl (C=O) groups excluding carboxylic acids is 2. The van der Waals surface area contributed by atoms with Crippen LogP contribution in [0.5, 0.6) is 0 Å². The van der Waals surface area contributed by atoms with Gasteiger partial charge in [0.15, 0.2) is 0 Å². The predicted molar refractivity (Wildman–Crippen MR) is 84.9 cm³/mol. The van der Waals surface area contributed by atoms with Crippen LogP contribution < -0.4 is 10.6 Å². The molecule has 2 N–H and O–H groups in total. The Bertz CT molecular complexity index is 617. The summed E-state index contributed by atoms with van der Waals surface area (Å²) < 4.78 is 5.20. The summed E-state index contributed by atoms with van der Waals surface area (Å²) in [7, 11) is 0. The molecule has 1 aromatic rings. The van der Waals surface area contributed by atoms with Gasteiger partial charge < -0.3 is 15.4 Å². The third-order valence-corrected chi connectivity index (χ3v) is 3.83. The lowest BCUT2D eigenvalue weighted by atomic mass is 9.95. The molecule has 0 aromatic heterocycles. The maximum absolute atomic E-state index is 12.3. The third kappa shape index (κ3) is 3.72. The van der Waals surface area contributed by atoms with E-state index in [-0.39, 0.29) is 12.6 Å². The number of amides is 2. The van der Waals surface area contributed by atoms with E-state index in [1.54, 1.807) is 31.2 Å². The molecule has 22 heavy (non-hydrogen) atoms. The lowest BCUT2D eigenvalue weighted by molar-refractivity contribution is -0.139. The Hall–Kier alpha value is -1.72. The predicted octanol–water partition coefficient (Wildman–Crippen LogP) is 3.14. The van der Waals surface area contributed by atoms with Crippen LogP contribution in [0.4, 0.5) is 4.79 Å². The van der Waals surface area contributed by atoms with E-state index in [0.29, 0.717) is 34.2 Å². The average Bonchev–Trinajstić information content (AvgIpc) is 2.47. The van der Waals surface area contributed by atoms with Gasteiger partial charge in [0.05, 0.1) is 18.2 Å². The molecular formula is C15H16Cl2N2O3. The van der Waals surface area contributed by atoms with Crippen molar-refractivity contribution in [1.29, 1.82) is 0 Å². The molecule has 0 unspecified atom stereocenters. The number of ether oxygens (including phenoxy) is 1. The van der Waals surface area contributed by atoms with E-state index in [4.69, 9.17) is 27.9 Å². The summed E-state index contributed by atoms with van der Waals surface area (Å²) in [5.41, 5.74) is 1.43. The molecule has 0 radical (unpaired) electrons. The standard InChI is InChI=1S/C15H16Cl2N2O3/c1-9-12(14(20)22-8-4-7-16)13(19-15(21)18-9)10-5-2-3-6-11(10)17/h2-3,5-6,13H,4,7-8H2,1H3,(H2,18,19,21)/t13-/m1/s1. The van der Waals surface area contributed by atoms with Crippen LogP contribution >= 0.6 is 23.2 Å². The van der Waals surface area contributed by atoms with Gasteiger partial charge in [0, 0.05) is 16.6 Å². The highest BCUT2D eigenvalue weighted by Gasteiger charge is 2.33. The lowest BCUT2D eigenvalue weighted by Gasteiger charge is -2.28. The fraction of sp³-hybridized carbons (Fsp3) is 0.333.